The first-order valence-corrected chi connectivity index (χ1v) is 28.7. The van der Waals surface area contributed by atoms with Crippen LogP contribution >= 0.6 is 0 Å². The molecule has 81 heavy (non-hydrogen) atoms. The fourth-order valence-corrected chi connectivity index (χ4v) is 12.7. The van der Waals surface area contributed by atoms with Crippen LogP contribution in [0, 0.1) is 0 Å². The number of hydrogen-bond acceptors (Lipinski definition) is 5. The molecule has 5 heteroatoms. The second-order valence-corrected chi connectivity index (χ2v) is 26.5. The highest BCUT2D eigenvalue weighted by molar-refractivity contribution is 6.23. The highest BCUT2D eigenvalue weighted by atomic mass is 16.3. The minimum atomic E-state index is -0.882. The number of nitrogens with zero attached hydrogens (tertiary/aromatic N) is 3. The van der Waals surface area contributed by atoms with Gasteiger partial charge in [-0.15, -0.1) is 0 Å². The monoisotopic (exact) mass is 1060 g/mol. The van der Waals surface area contributed by atoms with Crippen molar-refractivity contribution < 1.29 is 8.83 Å². The average Bonchev–Trinajstić information content (AvgIpc) is 4.38. The number of furan rings is 2. The Morgan fingerprint density at radius 2 is 0.827 bits per heavy atom. The van der Waals surface area contributed by atoms with E-state index in [1.807, 2.05) is 18.5 Å². The van der Waals surface area contributed by atoms with Gasteiger partial charge in [0.2, 0.25) is 5.71 Å². The predicted molar refractivity (Wildman–Crippen MR) is 340 cm³/mol. The average molecular weight is 1060 g/mol. The van der Waals surface area contributed by atoms with E-state index in [4.69, 9.17) is 13.8 Å². The zero-order valence-corrected chi connectivity index (χ0v) is 48.9. The molecular formula is C76H71N3O2. The molecule has 0 aliphatic heterocycles. The molecule has 0 atom stereocenters. The maximum absolute atomic E-state index is 7.46. The Morgan fingerprint density at radius 3 is 1.28 bits per heavy atom. The van der Waals surface area contributed by atoms with Crippen molar-refractivity contribution in [1.29, 1.82) is 0 Å². The van der Waals surface area contributed by atoms with Gasteiger partial charge < -0.3 is 18.6 Å². The number of hydrogen-bond donors (Lipinski definition) is 0. The fraction of sp³-hybridized carbons (Fsp3) is 0.224. The van der Waals surface area contributed by atoms with Gasteiger partial charge in [0.05, 0.1) is 33.8 Å². The summed E-state index contributed by atoms with van der Waals surface area (Å²) in [6.07, 6.45) is 3.66. The SMILES string of the molecule is CC(C)(C)c1ccc(N(c2ccc(C(C)(C)C)cc2)c2cc3c(c4cc5ccoc5cc24)-c2c(cc(N(c4ccc(C(C)(C)C)cc4)c4ccc(C(C)(C)C)cc4)c4c2oc2ncccc24)C3(c2ccccc2)c2ccccc2)cc1. The van der Waals surface area contributed by atoms with Gasteiger partial charge in [0.25, 0.3) is 0 Å². The Bertz CT molecular complexity index is 4160. The second-order valence-electron chi connectivity index (χ2n) is 26.5. The molecule has 0 saturated heterocycles. The molecule has 0 unspecified atom stereocenters. The van der Waals surface area contributed by atoms with E-state index in [2.05, 4.69) is 287 Å². The van der Waals surface area contributed by atoms with Gasteiger partial charge in [-0.3, -0.25) is 0 Å². The van der Waals surface area contributed by atoms with E-state index in [0.29, 0.717) is 5.71 Å². The number of pyridine rings is 1. The standard InChI is InChI=1S/C76H71N3O2/c1-72(2,3)49-25-33-55(34-26-49)78(56-35-27-50(28-36-56)73(4,5)6)64-46-62-67(61-44-48-41-43-80-66(48)45-60(61)64)69-63(76(62,53-20-15-13-16-21-53)54-22-17-14-18-23-54)47-65(68-59-24-19-42-77-71(59)81-70(68)69)79(57-37-29-51(30-38-57)74(7,8)9)58-39-31-52(32-40-58)75(10,11)12/h13-47H,1-12H3. The van der Waals surface area contributed by atoms with Gasteiger partial charge in [-0.1, -0.05) is 192 Å². The summed E-state index contributed by atoms with van der Waals surface area (Å²) in [5.41, 5.74) is 19.3. The van der Waals surface area contributed by atoms with Crippen molar-refractivity contribution in [3.63, 3.8) is 0 Å². The first-order chi connectivity index (χ1) is 38.7. The molecular weight excluding hydrogens is 987 g/mol. The Hall–Kier alpha value is -8.67. The van der Waals surface area contributed by atoms with Crippen LogP contribution in [0.15, 0.2) is 221 Å². The van der Waals surface area contributed by atoms with Gasteiger partial charge in [0.1, 0.15) is 11.2 Å². The summed E-state index contributed by atoms with van der Waals surface area (Å²) in [6.45, 7) is 27.4. The van der Waals surface area contributed by atoms with Gasteiger partial charge in [-0.05, 0) is 168 Å². The highest BCUT2D eigenvalue weighted by Crippen LogP contribution is 2.64. The van der Waals surface area contributed by atoms with Crippen molar-refractivity contribution in [3.8, 4) is 11.1 Å². The molecule has 0 N–H and O–H groups in total. The lowest BCUT2D eigenvalue weighted by Crippen LogP contribution is -2.29. The summed E-state index contributed by atoms with van der Waals surface area (Å²) in [7, 11) is 0. The minimum absolute atomic E-state index is 0.0304. The molecule has 3 aromatic heterocycles. The molecule has 9 aromatic carbocycles. The molecule has 0 amide bonds. The lowest BCUT2D eigenvalue weighted by molar-refractivity contribution is 0.590. The zero-order chi connectivity index (χ0) is 56.4. The first kappa shape index (κ1) is 51.7. The molecule has 402 valence electrons. The van der Waals surface area contributed by atoms with Gasteiger partial charge in [-0.25, -0.2) is 4.98 Å². The lowest BCUT2D eigenvalue weighted by Gasteiger charge is -2.36. The van der Waals surface area contributed by atoms with Crippen LogP contribution in [0.1, 0.15) is 128 Å². The van der Waals surface area contributed by atoms with E-state index in [1.165, 1.54) is 22.3 Å². The summed E-state index contributed by atoms with van der Waals surface area (Å²) in [5.74, 6) is 0. The van der Waals surface area contributed by atoms with Crippen molar-refractivity contribution in [2.24, 2.45) is 0 Å². The van der Waals surface area contributed by atoms with Crippen LogP contribution in [0.4, 0.5) is 34.1 Å². The van der Waals surface area contributed by atoms with Crippen LogP contribution in [-0.4, -0.2) is 4.98 Å². The topological polar surface area (TPSA) is 45.7 Å². The van der Waals surface area contributed by atoms with E-state index >= 15 is 0 Å². The molecule has 5 nitrogen and oxygen atoms in total. The predicted octanol–water partition coefficient (Wildman–Crippen LogP) is 21.4. The summed E-state index contributed by atoms with van der Waals surface area (Å²) in [6, 6.07) is 75.0. The van der Waals surface area contributed by atoms with E-state index in [1.54, 1.807) is 0 Å². The van der Waals surface area contributed by atoms with Gasteiger partial charge in [0, 0.05) is 45.3 Å². The molecule has 0 radical (unpaired) electrons. The second kappa shape index (κ2) is 18.7. The van der Waals surface area contributed by atoms with Gasteiger partial charge in [0.15, 0.2) is 0 Å². The van der Waals surface area contributed by atoms with Crippen molar-refractivity contribution in [1.82, 2.24) is 4.98 Å². The van der Waals surface area contributed by atoms with Crippen LogP contribution < -0.4 is 9.80 Å². The molecule has 1 aliphatic carbocycles. The quantitative estimate of drug-likeness (QED) is 0.152. The fourth-order valence-electron chi connectivity index (χ4n) is 12.7. The third-order valence-corrected chi connectivity index (χ3v) is 17.1. The smallest absolute Gasteiger partial charge is 0.227 e. The van der Waals surface area contributed by atoms with Crippen LogP contribution in [0.2, 0.25) is 0 Å². The first-order valence-electron chi connectivity index (χ1n) is 28.7. The number of anilines is 6. The number of fused-ring (bicyclic) bond motifs is 10. The van der Waals surface area contributed by atoms with E-state index < -0.39 is 5.41 Å². The molecule has 3 heterocycles. The largest absolute Gasteiger partial charge is 0.464 e. The van der Waals surface area contributed by atoms with Gasteiger partial charge in [-0.2, -0.15) is 0 Å². The number of aromatic nitrogens is 1. The molecule has 0 saturated carbocycles. The maximum atomic E-state index is 7.46. The van der Waals surface area contributed by atoms with Crippen LogP contribution in [-0.2, 0) is 27.1 Å². The molecule has 0 spiro atoms. The Kier molecular flexibility index (Phi) is 12.0. The maximum Gasteiger partial charge on any atom is 0.227 e. The van der Waals surface area contributed by atoms with E-state index in [0.717, 1.165) is 106 Å². The van der Waals surface area contributed by atoms with Crippen molar-refractivity contribution >= 4 is 77.9 Å². The van der Waals surface area contributed by atoms with E-state index in [-0.39, 0.29) is 21.7 Å². The Labute approximate surface area is 477 Å². The van der Waals surface area contributed by atoms with Crippen molar-refractivity contribution in [2.75, 3.05) is 9.80 Å². The normalized spacial score (nSPS) is 13.5. The molecule has 0 bridgehead atoms. The minimum Gasteiger partial charge on any atom is -0.464 e. The summed E-state index contributed by atoms with van der Waals surface area (Å²) in [5, 5.41) is 5.14. The van der Waals surface area contributed by atoms with Crippen molar-refractivity contribution in [2.45, 2.75) is 110 Å². The summed E-state index contributed by atoms with van der Waals surface area (Å²) >= 11 is 0. The third kappa shape index (κ3) is 8.54. The van der Waals surface area contributed by atoms with E-state index in [9.17, 15) is 0 Å². The zero-order valence-electron chi connectivity index (χ0n) is 48.9. The molecule has 13 rings (SSSR count). The molecule has 12 aromatic rings. The molecule has 1 aliphatic rings. The summed E-state index contributed by atoms with van der Waals surface area (Å²) < 4.78 is 13.8. The van der Waals surface area contributed by atoms with Gasteiger partial charge >= 0.3 is 0 Å². The number of benzene rings is 9. The highest BCUT2D eigenvalue weighted by Gasteiger charge is 2.50. The van der Waals surface area contributed by atoms with Crippen LogP contribution in [0.3, 0.4) is 0 Å². The Morgan fingerprint density at radius 1 is 0.395 bits per heavy atom. The number of rotatable bonds is 8. The molecule has 0 fully saturated rings. The van der Waals surface area contributed by atoms with Crippen molar-refractivity contribution in [3.05, 3.63) is 257 Å². The van der Waals surface area contributed by atoms with Crippen LogP contribution in [0.5, 0.6) is 0 Å². The lowest BCUT2D eigenvalue weighted by atomic mass is 9.67. The van der Waals surface area contributed by atoms with Crippen LogP contribution in [0.25, 0.3) is 54.9 Å². The summed E-state index contributed by atoms with van der Waals surface area (Å²) in [4.78, 5) is 9.94. The third-order valence-electron chi connectivity index (χ3n) is 17.1. The Balaban J connectivity index is 1.21.